The van der Waals surface area contributed by atoms with Gasteiger partial charge in [0.1, 0.15) is 11.5 Å². The van der Waals surface area contributed by atoms with E-state index in [1.807, 2.05) is 31.2 Å². The first-order valence-corrected chi connectivity index (χ1v) is 7.49. The third kappa shape index (κ3) is 2.99. The van der Waals surface area contributed by atoms with Crippen molar-refractivity contribution in [3.8, 4) is 11.3 Å². The van der Waals surface area contributed by atoms with Gasteiger partial charge >= 0.3 is 5.69 Å². The van der Waals surface area contributed by atoms with Crippen LogP contribution in [0.4, 0.5) is 11.5 Å². The molecule has 1 amide bonds. The molecule has 128 valence electrons. The molecule has 0 atom stereocenters. The number of carbonyl (C=O) groups excluding carboxylic acids is 1. The number of nitrogens with one attached hydrogen (secondary N) is 2. The lowest BCUT2D eigenvalue weighted by Gasteiger charge is -2.02. The fraction of sp³-hybridized carbons (Fsp3) is 0.188. The first-order chi connectivity index (χ1) is 11.9. The van der Waals surface area contributed by atoms with Crippen molar-refractivity contribution in [2.75, 3.05) is 5.32 Å². The van der Waals surface area contributed by atoms with Gasteiger partial charge in [0.25, 0.3) is 5.91 Å². The van der Waals surface area contributed by atoms with E-state index in [2.05, 4.69) is 20.6 Å². The highest BCUT2D eigenvalue weighted by atomic mass is 16.6. The first kappa shape index (κ1) is 16.4. The highest BCUT2D eigenvalue weighted by Gasteiger charge is 2.27. The number of benzene rings is 1. The molecule has 1 aromatic carbocycles. The summed E-state index contributed by atoms with van der Waals surface area (Å²) in [6.45, 7) is 3.46. The maximum Gasteiger partial charge on any atom is 0.322 e. The van der Waals surface area contributed by atoms with Crippen LogP contribution in [0.25, 0.3) is 11.3 Å². The van der Waals surface area contributed by atoms with Crippen molar-refractivity contribution in [2.45, 2.75) is 13.8 Å². The zero-order chi connectivity index (χ0) is 18.1. The van der Waals surface area contributed by atoms with Crippen molar-refractivity contribution in [3.63, 3.8) is 0 Å². The Balaban J connectivity index is 1.91. The van der Waals surface area contributed by atoms with Gasteiger partial charge in [-0.1, -0.05) is 24.3 Å². The summed E-state index contributed by atoms with van der Waals surface area (Å²) in [6, 6.07) is 9.46. The Morgan fingerprint density at radius 3 is 2.72 bits per heavy atom. The fourth-order valence-corrected chi connectivity index (χ4v) is 2.56. The molecule has 25 heavy (non-hydrogen) atoms. The van der Waals surface area contributed by atoms with E-state index >= 15 is 0 Å². The minimum absolute atomic E-state index is 0.223. The van der Waals surface area contributed by atoms with Crippen molar-refractivity contribution in [1.82, 2.24) is 20.0 Å². The summed E-state index contributed by atoms with van der Waals surface area (Å²) in [5.41, 5.74) is 2.32. The lowest BCUT2D eigenvalue weighted by molar-refractivity contribution is -0.385. The number of nitro groups is 1. The molecule has 0 spiro atoms. The van der Waals surface area contributed by atoms with Gasteiger partial charge in [-0.25, -0.2) is 0 Å². The van der Waals surface area contributed by atoms with Gasteiger partial charge < -0.3 is 5.32 Å². The van der Waals surface area contributed by atoms with Gasteiger partial charge in [-0.15, -0.1) is 0 Å². The molecule has 3 aromatic rings. The van der Waals surface area contributed by atoms with Crippen LogP contribution in [-0.4, -0.2) is 30.8 Å². The SMILES string of the molecule is Cc1ccccc1-c1cc(NC(=O)c2n[nH]c(C)c2[N+](=O)[O-])n(C)n1. The molecule has 2 heterocycles. The summed E-state index contributed by atoms with van der Waals surface area (Å²) in [5.74, 6) is -0.256. The molecule has 2 N–H and O–H groups in total. The van der Waals surface area contributed by atoms with E-state index in [0.717, 1.165) is 11.1 Å². The number of nitrogens with zero attached hydrogens (tertiary/aromatic N) is 4. The van der Waals surface area contributed by atoms with Crippen LogP contribution in [-0.2, 0) is 7.05 Å². The summed E-state index contributed by atoms with van der Waals surface area (Å²) >= 11 is 0. The third-order valence-electron chi connectivity index (χ3n) is 3.86. The summed E-state index contributed by atoms with van der Waals surface area (Å²) < 4.78 is 1.50. The number of aromatic amines is 1. The van der Waals surface area contributed by atoms with Crippen LogP contribution in [0.5, 0.6) is 0 Å². The molecule has 0 saturated carbocycles. The van der Waals surface area contributed by atoms with Gasteiger partial charge in [-0.05, 0) is 19.4 Å². The number of hydrogen-bond donors (Lipinski definition) is 2. The predicted octanol–water partition coefficient (Wildman–Crippen LogP) is 2.59. The maximum atomic E-state index is 12.4. The second kappa shape index (κ2) is 6.19. The van der Waals surface area contributed by atoms with Crippen molar-refractivity contribution in [1.29, 1.82) is 0 Å². The van der Waals surface area contributed by atoms with E-state index in [1.165, 1.54) is 11.6 Å². The van der Waals surface area contributed by atoms with Gasteiger partial charge in [-0.3, -0.25) is 24.7 Å². The number of H-pyrrole nitrogens is 1. The highest BCUT2D eigenvalue weighted by Crippen LogP contribution is 2.26. The predicted molar refractivity (Wildman–Crippen MR) is 91.3 cm³/mol. The smallest absolute Gasteiger partial charge is 0.305 e. The normalized spacial score (nSPS) is 10.7. The van der Waals surface area contributed by atoms with Gasteiger partial charge in [0, 0.05) is 18.7 Å². The molecule has 0 aliphatic heterocycles. The Morgan fingerprint density at radius 2 is 2.04 bits per heavy atom. The Bertz CT molecular complexity index is 972. The number of amides is 1. The van der Waals surface area contributed by atoms with E-state index in [9.17, 15) is 14.9 Å². The third-order valence-corrected chi connectivity index (χ3v) is 3.86. The fourth-order valence-electron chi connectivity index (χ4n) is 2.56. The minimum Gasteiger partial charge on any atom is -0.305 e. The summed E-state index contributed by atoms with van der Waals surface area (Å²) in [5, 5.41) is 24.3. The molecule has 0 aliphatic rings. The molecule has 0 saturated heterocycles. The molecule has 0 radical (unpaired) electrons. The zero-order valence-electron chi connectivity index (χ0n) is 13.9. The standard InChI is InChI=1S/C16H16N6O3/c1-9-6-4-5-7-11(9)12-8-13(21(3)20-12)17-16(23)14-15(22(24)25)10(2)18-19-14/h4-8H,1-3H3,(H,17,23)(H,18,19). The Labute approximate surface area is 142 Å². The van der Waals surface area contributed by atoms with Crippen LogP contribution in [0.2, 0.25) is 0 Å². The molecular formula is C16H16N6O3. The number of rotatable bonds is 4. The van der Waals surface area contributed by atoms with Crippen LogP contribution in [0.1, 0.15) is 21.7 Å². The van der Waals surface area contributed by atoms with Crippen LogP contribution >= 0.6 is 0 Å². The lowest BCUT2D eigenvalue weighted by atomic mass is 10.1. The van der Waals surface area contributed by atoms with Gasteiger partial charge in [0.05, 0.1) is 10.6 Å². The molecular weight excluding hydrogens is 324 g/mol. The average molecular weight is 340 g/mol. The van der Waals surface area contributed by atoms with E-state index in [0.29, 0.717) is 11.5 Å². The molecule has 0 fully saturated rings. The average Bonchev–Trinajstić information content (AvgIpc) is 3.11. The van der Waals surface area contributed by atoms with Gasteiger partial charge in [0.15, 0.2) is 0 Å². The summed E-state index contributed by atoms with van der Waals surface area (Å²) in [6.07, 6.45) is 0. The van der Waals surface area contributed by atoms with Crippen molar-refractivity contribution in [3.05, 3.63) is 57.4 Å². The number of hydrogen-bond acceptors (Lipinski definition) is 5. The second-order valence-corrected chi connectivity index (χ2v) is 5.61. The molecule has 0 aliphatic carbocycles. The molecule has 9 heteroatoms. The van der Waals surface area contributed by atoms with Crippen LogP contribution in [0, 0.1) is 24.0 Å². The van der Waals surface area contributed by atoms with Gasteiger partial charge in [-0.2, -0.15) is 10.2 Å². The first-order valence-electron chi connectivity index (χ1n) is 7.49. The van der Waals surface area contributed by atoms with E-state index in [4.69, 9.17) is 0 Å². The van der Waals surface area contributed by atoms with E-state index < -0.39 is 10.8 Å². The van der Waals surface area contributed by atoms with Crippen LogP contribution < -0.4 is 5.32 Å². The number of carbonyl (C=O) groups is 1. The Hall–Kier alpha value is -3.49. The van der Waals surface area contributed by atoms with Crippen LogP contribution in [0.3, 0.4) is 0 Å². The summed E-state index contributed by atoms with van der Waals surface area (Å²) in [4.78, 5) is 22.9. The van der Waals surface area contributed by atoms with Crippen molar-refractivity contribution < 1.29 is 9.72 Å². The number of anilines is 1. The zero-order valence-corrected chi connectivity index (χ0v) is 13.9. The Kier molecular flexibility index (Phi) is 4.05. The van der Waals surface area contributed by atoms with Gasteiger partial charge in [0.2, 0.25) is 5.69 Å². The largest absolute Gasteiger partial charge is 0.322 e. The molecule has 0 unspecified atom stereocenters. The highest BCUT2D eigenvalue weighted by molar-refractivity contribution is 6.05. The minimum atomic E-state index is -0.671. The number of aromatic nitrogens is 4. The Morgan fingerprint density at radius 1 is 1.32 bits per heavy atom. The van der Waals surface area contributed by atoms with E-state index in [-0.39, 0.29) is 17.1 Å². The second-order valence-electron chi connectivity index (χ2n) is 5.61. The molecule has 2 aromatic heterocycles. The van der Waals surface area contributed by atoms with Crippen LogP contribution in [0.15, 0.2) is 30.3 Å². The quantitative estimate of drug-likeness (QED) is 0.559. The van der Waals surface area contributed by atoms with Crippen molar-refractivity contribution in [2.24, 2.45) is 7.05 Å². The molecule has 0 bridgehead atoms. The van der Waals surface area contributed by atoms with Crippen molar-refractivity contribution >= 4 is 17.4 Å². The van der Waals surface area contributed by atoms with E-state index in [1.54, 1.807) is 13.1 Å². The topological polar surface area (TPSA) is 119 Å². The number of aryl methyl sites for hydroxylation is 3. The monoisotopic (exact) mass is 340 g/mol. The lowest BCUT2D eigenvalue weighted by Crippen LogP contribution is -2.16. The maximum absolute atomic E-state index is 12.4. The summed E-state index contributed by atoms with van der Waals surface area (Å²) in [7, 11) is 1.68. The molecule has 3 rings (SSSR count). The molecule has 9 nitrogen and oxygen atoms in total.